The molecule has 0 aromatic heterocycles. The molecule has 4 nitrogen and oxygen atoms in total. The lowest BCUT2D eigenvalue weighted by molar-refractivity contribution is -0.113. The van der Waals surface area contributed by atoms with Crippen molar-refractivity contribution < 1.29 is 14.3 Å². The first kappa shape index (κ1) is 17.8. The predicted octanol–water partition coefficient (Wildman–Crippen LogP) is 4.74. The third kappa shape index (κ3) is 4.96. The number of thioether (sulfide) groups is 1. The van der Waals surface area contributed by atoms with Crippen molar-refractivity contribution in [2.45, 2.75) is 4.90 Å². The summed E-state index contributed by atoms with van der Waals surface area (Å²) in [6, 6.07) is 10.4. The van der Waals surface area contributed by atoms with Crippen LogP contribution in [0.2, 0.25) is 10.0 Å². The number of carbonyl (C=O) groups excluding carboxylic acids is 1. The second kappa shape index (κ2) is 8.34. The van der Waals surface area contributed by atoms with E-state index in [0.717, 1.165) is 0 Å². The maximum Gasteiger partial charge on any atom is 0.234 e. The summed E-state index contributed by atoms with van der Waals surface area (Å²) in [5.74, 6) is 1.20. The number of hydrogen-bond acceptors (Lipinski definition) is 4. The molecule has 0 saturated heterocycles. The van der Waals surface area contributed by atoms with Gasteiger partial charge in [0.05, 0.1) is 30.0 Å². The second-order valence-corrected chi connectivity index (χ2v) is 6.29. The maximum absolute atomic E-state index is 12.1. The molecular formula is C16H15Cl2NO3S. The molecule has 2 aromatic rings. The summed E-state index contributed by atoms with van der Waals surface area (Å²) in [6.45, 7) is 0. The molecule has 1 amide bonds. The summed E-state index contributed by atoms with van der Waals surface area (Å²) in [4.78, 5) is 12.8. The lowest BCUT2D eigenvalue weighted by Crippen LogP contribution is -2.14. The molecule has 2 aromatic carbocycles. The lowest BCUT2D eigenvalue weighted by atomic mass is 10.2. The average Bonchev–Trinajstić information content (AvgIpc) is 2.53. The van der Waals surface area contributed by atoms with Gasteiger partial charge in [-0.1, -0.05) is 29.3 Å². The van der Waals surface area contributed by atoms with Crippen molar-refractivity contribution in [3.63, 3.8) is 0 Å². The molecule has 0 radical (unpaired) electrons. The van der Waals surface area contributed by atoms with E-state index in [9.17, 15) is 4.79 Å². The highest BCUT2D eigenvalue weighted by atomic mass is 35.5. The van der Waals surface area contributed by atoms with Crippen LogP contribution in [0.5, 0.6) is 11.5 Å². The Kier molecular flexibility index (Phi) is 6.45. The first-order valence-corrected chi connectivity index (χ1v) is 8.37. The predicted molar refractivity (Wildman–Crippen MR) is 95.4 cm³/mol. The Bertz CT molecular complexity index is 667. The third-order valence-electron chi connectivity index (χ3n) is 2.90. The summed E-state index contributed by atoms with van der Waals surface area (Å²) in [5.41, 5.74) is 0.594. The van der Waals surface area contributed by atoms with E-state index in [1.165, 1.54) is 11.8 Å². The SMILES string of the molecule is COc1cc(NC(=O)CSc2c(Cl)cccc2Cl)cc(OC)c1. The molecule has 2 rings (SSSR count). The lowest BCUT2D eigenvalue weighted by Gasteiger charge is -2.10. The van der Waals surface area contributed by atoms with E-state index >= 15 is 0 Å². The zero-order valence-electron chi connectivity index (χ0n) is 12.6. The number of anilines is 1. The van der Waals surface area contributed by atoms with Gasteiger partial charge >= 0.3 is 0 Å². The van der Waals surface area contributed by atoms with Gasteiger partial charge in [-0.15, -0.1) is 11.8 Å². The van der Waals surface area contributed by atoms with E-state index in [1.54, 1.807) is 50.6 Å². The minimum Gasteiger partial charge on any atom is -0.497 e. The minimum atomic E-state index is -0.179. The van der Waals surface area contributed by atoms with Crippen molar-refractivity contribution >= 4 is 46.6 Å². The number of methoxy groups -OCH3 is 2. The fraction of sp³-hybridized carbons (Fsp3) is 0.188. The minimum absolute atomic E-state index is 0.179. The van der Waals surface area contributed by atoms with Crippen LogP contribution in [-0.2, 0) is 4.79 Å². The molecule has 0 aliphatic heterocycles. The highest BCUT2D eigenvalue weighted by molar-refractivity contribution is 8.00. The van der Waals surface area contributed by atoms with Crippen molar-refractivity contribution in [3.05, 3.63) is 46.4 Å². The number of benzene rings is 2. The molecule has 23 heavy (non-hydrogen) atoms. The van der Waals surface area contributed by atoms with E-state index in [1.807, 2.05) is 0 Å². The van der Waals surface area contributed by atoms with Crippen LogP contribution in [0.15, 0.2) is 41.3 Å². The van der Waals surface area contributed by atoms with Crippen molar-refractivity contribution in [2.75, 3.05) is 25.3 Å². The fourth-order valence-corrected chi connectivity index (χ4v) is 3.32. The number of nitrogens with one attached hydrogen (secondary N) is 1. The zero-order valence-corrected chi connectivity index (χ0v) is 14.9. The Balaban J connectivity index is 2.02. The molecule has 0 atom stereocenters. The Hall–Kier alpha value is -1.56. The van der Waals surface area contributed by atoms with Gasteiger partial charge < -0.3 is 14.8 Å². The fourth-order valence-electron chi connectivity index (χ4n) is 1.83. The van der Waals surface area contributed by atoms with Crippen LogP contribution in [0.25, 0.3) is 0 Å². The van der Waals surface area contributed by atoms with Gasteiger partial charge in [0.15, 0.2) is 0 Å². The van der Waals surface area contributed by atoms with Crippen LogP contribution in [0, 0.1) is 0 Å². The molecule has 122 valence electrons. The summed E-state index contributed by atoms with van der Waals surface area (Å²) in [7, 11) is 3.10. The van der Waals surface area contributed by atoms with Gasteiger partial charge in [0.25, 0.3) is 0 Å². The highest BCUT2D eigenvalue weighted by Crippen LogP contribution is 2.34. The van der Waals surface area contributed by atoms with Gasteiger partial charge in [0.1, 0.15) is 11.5 Å². The van der Waals surface area contributed by atoms with Crippen LogP contribution < -0.4 is 14.8 Å². The Morgan fingerprint density at radius 2 is 1.65 bits per heavy atom. The number of rotatable bonds is 6. The molecule has 0 saturated carbocycles. The molecular weight excluding hydrogens is 357 g/mol. The standard InChI is InChI=1S/C16H15Cl2NO3S/c1-21-11-6-10(7-12(8-11)22-2)19-15(20)9-23-16-13(17)4-3-5-14(16)18/h3-8H,9H2,1-2H3,(H,19,20). The molecule has 0 heterocycles. The van der Waals surface area contributed by atoms with Gasteiger partial charge in [-0.2, -0.15) is 0 Å². The van der Waals surface area contributed by atoms with Crippen molar-refractivity contribution in [1.29, 1.82) is 0 Å². The summed E-state index contributed by atoms with van der Waals surface area (Å²) in [5, 5.41) is 3.85. The molecule has 0 unspecified atom stereocenters. The van der Waals surface area contributed by atoms with Crippen molar-refractivity contribution in [2.24, 2.45) is 0 Å². The van der Waals surface area contributed by atoms with E-state index in [2.05, 4.69) is 5.32 Å². The quantitative estimate of drug-likeness (QED) is 0.744. The van der Waals surface area contributed by atoms with Crippen LogP contribution in [-0.4, -0.2) is 25.9 Å². The number of hydrogen-bond donors (Lipinski definition) is 1. The monoisotopic (exact) mass is 371 g/mol. The second-order valence-electron chi connectivity index (χ2n) is 4.49. The molecule has 0 aliphatic rings. The smallest absolute Gasteiger partial charge is 0.234 e. The van der Waals surface area contributed by atoms with E-state index in [-0.39, 0.29) is 11.7 Å². The maximum atomic E-state index is 12.1. The third-order valence-corrected chi connectivity index (χ3v) is 4.89. The molecule has 7 heteroatoms. The normalized spacial score (nSPS) is 10.3. The largest absolute Gasteiger partial charge is 0.497 e. The number of amides is 1. The van der Waals surface area contributed by atoms with Crippen LogP contribution in [0.3, 0.4) is 0 Å². The van der Waals surface area contributed by atoms with Crippen LogP contribution in [0.1, 0.15) is 0 Å². The summed E-state index contributed by atoms with van der Waals surface area (Å²) in [6.07, 6.45) is 0. The van der Waals surface area contributed by atoms with Gasteiger partial charge in [-0.3, -0.25) is 4.79 Å². The number of carbonyl (C=O) groups is 1. The first-order chi connectivity index (χ1) is 11.0. The van der Waals surface area contributed by atoms with E-state index in [4.69, 9.17) is 32.7 Å². The topological polar surface area (TPSA) is 47.6 Å². The van der Waals surface area contributed by atoms with Gasteiger partial charge in [0.2, 0.25) is 5.91 Å². The zero-order chi connectivity index (χ0) is 16.8. The van der Waals surface area contributed by atoms with E-state index in [0.29, 0.717) is 32.1 Å². The van der Waals surface area contributed by atoms with Gasteiger partial charge in [0, 0.05) is 28.8 Å². The van der Waals surface area contributed by atoms with Gasteiger partial charge in [-0.25, -0.2) is 0 Å². The number of ether oxygens (including phenoxy) is 2. The summed E-state index contributed by atoms with van der Waals surface area (Å²) >= 11 is 13.4. The summed E-state index contributed by atoms with van der Waals surface area (Å²) < 4.78 is 10.3. The van der Waals surface area contributed by atoms with Crippen molar-refractivity contribution in [1.82, 2.24) is 0 Å². The number of halogens is 2. The van der Waals surface area contributed by atoms with E-state index < -0.39 is 0 Å². The molecule has 0 aliphatic carbocycles. The van der Waals surface area contributed by atoms with Gasteiger partial charge in [-0.05, 0) is 12.1 Å². The molecule has 1 N–H and O–H groups in total. The highest BCUT2D eigenvalue weighted by Gasteiger charge is 2.10. The molecule has 0 spiro atoms. The Labute approximate surface area is 149 Å². The average molecular weight is 372 g/mol. The van der Waals surface area contributed by atoms with Crippen LogP contribution >= 0.6 is 35.0 Å². The molecule has 0 bridgehead atoms. The molecule has 0 fully saturated rings. The Morgan fingerprint density at radius 3 is 2.17 bits per heavy atom. The first-order valence-electron chi connectivity index (χ1n) is 6.63. The van der Waals surface area contributed by atoms with Crippen molar-refractivity contribution in [3.8, 4) is 11.5 Å². The Morgan fingerprint density at radius 1 is 1.09 bits per heavy atom. The van der Waals surface area contributed by atoms with Crippen LogP contribution in [0.4, 0.5) is 5.69 Å².